The maximum Gasteiger partial charge on any atom is 0.323 e. The number of aromatic nitrogens is 3. The number of nitro groups is 1. The van der Waals surface area contributed by atoms with E-state index in [1.54, 1.807) is 18.5 Å². The Bertz CT molecular complexity index is 1160. The molecule has 2 aromatic heterocycles. The van der Waals surface area contributed by atoms with E-state index in [4.69, 9.17) is 0 Å². The van der Waals surface area contributed by atoms with E-state index in [1.807, 2.05) is 0 Å². The van der Waals surface area contributed by atoms with E-state index < -0.39 is 28.3 Å². The maximum absolute atomic E-state index is 14.1. The summed E-state index contributed by atoms with van der Waals surface area (Å²) in [7, 11) is 0. The number of hydrogen-bond acceptors (Lipinski definition) is 6. The summed E-state index contributed by atoms with van der Waals surface area (Å²) >= 11 is 0. The summed E-state index contributed by atoms with van der Waals surface area (Å²) in [5, 5.41) is 13.9. The molecule has 3 aromatic rings. The van der Waals surface area contributed by atoms with Crippen molar-refractivity contribution >= 4 is 17.5 Å². The van der Waals surface area contributed by atoms with E-state index in [2.05, 4.69) is 20.3 Å². The van der Waals surface area contributed by atoms with Crippen LogP contribution in [0.15, 0.2) is 48.8 Å². The molecule has 32 heavy (non-hydrogen) atoms. The SMILES string of the molecule is O=C(Nc1nc(-c2ccc(F)cc2F)ccc1[N+](=O)[O-])N1CCC(Cc2ncccn2)C1. The largest absolute Gasteiger partial charge is 0.324 e. The van der Waals surface area contributed by atoms with Crippen molar-refractivity contribution in [3.8, 4) is 11.3 Å². The summed E-state index contributed by atoms with van der Waals surface area (Å²) in [6, 6.07) is 6.48. The summed E-state index contributed by atoms with van der Waals surface area (Å²) in [5.41, 5.74) is -0.442. The van der Waals surface area contributed by atoms with Crippen LogP contribution in [0.3, 0.4) is 0 Å². The van der Waals surface area contributed by atoms with Crippen LogP contribution in [-0.4, -0.2) is 43.9 Å². The Hall–Kier alpha value is -4.02. The Kier molecular flexibility index (Phi) is 5.97. The van der Waals surface area contributed by atoms with Crippen LogP contribution in [0.1, 0.15) is 12.2 Å². The third-order valence-electron chi connectivity index (χ3n) is 5.17. The van der Waals surface area contributed by atoms with Gasteiger partial charge in [0.2, 0.25) is 5.82 Å². The normalized spacial score (nSPS) is 15.6. The lowest BCUT2D eigenvalue weighted by Crippen LogP contribution is -2.33. The Morgan fingerprint density at radius 1 is 1.22 bits per heavy atom. The van der Waals surface area contributed by atoms with Crippen LogP contribution >= 0.6 is 0 Å². The van der Waals surface area contributed by atoms with Crippen molar-refractivity contribution in [2.24, 2.45) is 5.92 Å². The standard InChI is InChI=1S/C21H18F2N6O3/c22-14-2-3-15(16(23)11-14)17-4-5-18(29(31)32)20(26-17)27-21(30)28-9-6-13(12-28)10-19-24-7-1-8-25-19/h1-5,7-8,11,13H,6,9-10,12H2,(H,26,27,30). The summed E-state index contributed by atoms with van der Waals surface area (Å²) in [6.07, 6.45) is 4.66. The molecular weight excluding hydrogens is 422 g/mol. The highest BCUT2D eigenvalue weighted by Gasteiger charge is 2.29. The van der Waals surface area contributed by atoms with Crippen molar-refractivity contribution in [3.05, 3.63) is 76.4 Å². The number of benzene rings is 1. The summed E-state index contributed by atoms with van der Waals surface area (Å²) < 4.78 is 27.3. The number of carbonyl (C=O) groups is 1. The molecule has 0 radical (unpaired) electrons. The zero-order chi connectivity index (χ0) is 22.7. The number of anilines is 1. The van der Waals surface area contributed by atoms with Gasteiger partial charge in [-0.25, -0.2) is 28.5 Å². The molecule has 4 rings (SSSR count). The number of halogens is 2. The number of nitrogens with zero attached hydrogens (tertiary/aromatic N) is 5. The zero-order valence-corrected chi connectivity index (χ0v) is 16.7. The fourth-order valence-electron chi connectivity index (χ4n) is 3.60. The first kappa shape index (κ1) is 21.2. The number of rotatable bonds is 5. The lowest BCUT2D eigenvalue weighted by molar-refractivity contribution is -0.384. The second kappa shape index (κ2) is 9.00. The molecule has 1 N–H and O–H groups in total. The number of pyridine rings is 1. The predicted octanol–water partition coefficient (Wildman–Crippen LogP) is 3.82. The number of likely N-dealkylation sites (tertiary alicyclic amines) is 1. The first-order chi connectivity index (χ1) is 15.4. The van der Waals surface area contributed by atoms with Gasteiger partial charge >= 0.3 is 11.7 Å². The Morgan fingerprint density at radius 3 is 2.72 bits per heavy atom. The molecule has 2 amide bonds. The van der Waals surface area contributed by atoms with E-state index in [0.717, 1.165) is 18.6 Å². The molecule has 164 valence electrons. The van der Waals surface area contributed by atoms with Crippen LogP contribution in [0.4, 0.5) is 25.1 Å². The van der Waals surface area contributed by atoms with Crippen molar-refractivity contribution in [3.63, 3.8) is 0 Å². The number of nitrogens with one attached hydrogen (secondary N) is 1. The highest BCUT2D eigenvalue weighted by atomic mass is 19.1. The van der Waals surface area contributed by atoms with E-state index in [-0.39, 0.29) is 23.0 Å². The van der Waals surface area contributed by atoms with Gasteiger partial charge in [-0.1, -0.05) is 0 Å². The maximum atomic E-state index is 14.1. The molecule has 0 saturated carbocycles. The molecule has 0 bridgehead atoms. The average Bonchev–Trinajstić information content (AvgIpc) is 3.23. The zero-order valence-electron chi connectivity index (χ0n) is 16.7. The van der Waals surface area contributed by atoms with Crippen molar-refractivity contribution < 1.29 is 18.5 Å². The van der Waals surface area contributed by atoms with Gasteiger partial charge in [-0.15, -0.1) is 0 Å². The molecule has 3 heterocycles. The summed E-state index contributed by atoms with van der Waals surface area (Å²) in [4.78, 5) is 37.4. The van der Waals surface area contributed by atoms with Crippen molar-refractivity contribution in [2.75, 3.05) is 18.4 Å². The molecule has 1 aliphatic heterocycles. The second-order valence-electron chi connectivity index (χ2n) is 7.35. The lowest BCUT2D eigenvalue weighted by Gasteiger charge is -2.17. The van der Waals surface area contributed by atoms with Crippen LogP contribution in [0, 0.1) is 27.7 Å². The van der Waals surface area contributed by atoms with Gasteiger partial charge in [0.05, 0.1) is 10.6 Å². The first-order valence-electron chi connectivity index (χ1n) is 9.83. The van der Waals surface area contributed by atoms with Gasteiger partial charge in [0.1, 0.15) is 17.5 Å². The highest BCUT2D eigenvalue weighted by Crippen LogP contribution is 2.29. The van der Waals surface area contributed by atoms with Gasteiger partial charge in [0, 0.05) is 49.6 Å². The van der Waals surface area contributed by atoms with E-state index in [9.17, 15) is 23.7 Å². The molecule has 1 atom stereocenters. The Balaban J connectivity index is 1.51. The van der Waals surface area contributed by atoms with Gasteiger partial charge in [0.15, 0.2) is 0 Å². The fraction of sp³-hybridized carbons (Fsp3) is 0.238. The molecule has 1 aliphatic rings. The van der Waals surface area contributed by atoms with E-state index >= 15 is 0 Å². The predicted molar refractivity (Wildman–Crippen MR) is 111 cm³/mol. The summed E-state index contributed by atoms with van der Waals surface area (Å²) in [6.45, 7) is 0.896. The Labute approximate surface area is 181 Å². The molecule has 11 heteroatoms. The monoisotopic (exact) mass is 440 g/mol. The number of carbonyl (C=O) groups excluding carboxylic acids is 1. The Morgan fingerprint density at radius 2 is 2.00 bits per heavy atom. The number of urea groups is 1. The topological polar surface area (TPSA) is 114 Å². The number of amides is 2. The molecule has 9 nitrogen and oxygen atoms in total. The summed E-state index contributed by atoms with van der Waals surface area (Å²) in [5.74, 6) is -1.09. The van der Waals surface area contributed by atoms with Crippen LogP contribution in [0.2, 0.25) is 0 Å². The van der Waals surface area contributed by atoms with E-state index in [0.29, 0.717) is 31.4 Å². The molecule has 1 fully saturated rings. The van der Waals surface area contributed by atoms with Crippen LogP contribution in [0.5, 0.6) is 0 Å². The molecule has 1 unspecified atom stereocenters. The second-order valence-corrected chi connectivity index (χ2v) is 7.35. The molecule has 1 aromatic carbocycles. The van der Waals surface area contributed by atoms with Gasteiger partial charge in [-0.05, 0) is 36.6 Å². The highest BCUT2D eigenvalue weighted by molar-refractivity contribution is 5.91. The van der Waals surface area contributed by atoms with Crippen LogP contribution in [-0.2, 0) is 6.42 Å². The molecule has 1 saturated heterocycles. The van der Waals surface area contributed by atoms with Crippen LogP contribution in [0.25, 0.3) is 11.3 Å². The average molecular weight is 440 g/mol. The number of hydrogen-bond donors (Lipinski definition) is 1. The molecular formula is C21H18F2N6O3. The third kappa shape index (κ3) is 4.66. The van der Waals surface area contributed by atoms with Gasteiger partial charge < -0.3 is 4.90 Å². The molecule has 0 aliphatic carbocycles. The quantitative estimate of drug-likeness (QED) is 0.477. The van der Waals surface area contributed by atoms with Gasteiger partial charge in [-0.2, -0.15) is 0 Å². The minimum absolute atomic E-state index is 0.0314. The van der Waals surface area contributed by atoms with Crippen molar-refractivity contribution in [1.82, 2.24) is 19.9 Å². The smallest absolute Gasteiger partial charge is 0.323 e. The fourth-order valence-corrected chi connectivity index (χ4v) is 3.60. The van der Waals surface area contributed by atoms with Crippen molar-refractivity contribution in [2.45, 2.75) is 12.8 Å². The van der Waals surface area contributed by atoms with Gasteiger partial charge in [0.25, 0.3) is 0 Å². The molecule has 0 spiro atoms. The lowest BCUT2D eigenvalue weighted by atomic mass is 10.0. The van der Waals surface area contributed by atoms with Gasteiger partial charge in [-0.3, -0.25) is 15.4 Å². The minimum Gasteiger partial charge on any atom is -0.324 e. The van der Waals surface area contributed by atoms with Crippen LogP contribution < -0.4 is 5.32 Å². The first-order valence-corrected chi connectivity index (χ1v) is 9.83. The van der Waals surface area contributed by atoms with Crippen molar-refractivity contribution in [1.29, 1.82) is 0 Å². The third-order valence-corrected chi connectivity index (χ3v) is 5.17. The minimum atomic E-state index is -0.867. The van der Waals surface area contributed by atoms with E-state index in [1.165, 1.54) is 17.0 Å².